The summed E-state index contributed by atoms with van der Waals surface area (Å²) in [5.41, 5.74) is 3.96. The van der Waals surface area contributed by atoms with Crippen molar-refractivity contribution in [1.82, 2.24) is 29.9 Å². The van der Waals surface area contributed by atoms with Gasteiger partial charge in [-0.15, -0.1) is 11.3 Å². The van der Waals surface area contributed by atoms with E-state index in [2.05, 4.69) is 25.3 Å². The van der Waals surface area contributed by atoms with Crippen molar-refractivity contribution in [3.8, 4) is 11.4 Å². The lowest BCUT2D eigenvalue weighted by Gasteiger charge is -2.47. The van der Waals surface area contributed by atoms with E-state index in [9.17, 15) is 9.90 Å². The summed E-state index contributed by atoms with van der Waals surface area (Å²) >= 11 is 1.44. The van der Waals surface area contributed by atoms with E-state index in [0.717, 1.165) is 47.1 Å². The van der Waals surface area contributed by atoms with E-state index in [-0.39, 0.29) is 12.0 Å². The Morgan fingerprint density at radius 3 is 2.83 bits per heavy atom. The standard InChI is InChI=1S/C20H19N7O2S/c28-20(29)13-9-1-3-10(4-2-9)14(13)25-18-15-19(30-8-24-15)27-17(26-18)12-6-22-16-11(12)5-21-7-23-16/h5-10,13-14H,1-4H2,(H,28,29)(H,21,22,23)(H,25,26,27). The molecule has 30 heavy (non-hydrogen) atoms. The molecule has 3 saturated carbocycles. The van der Waals surface area contributed by atoms with Gasteiger partial charge < -0.3 is 15.4 Å². The van der Waals surface area contributed by atoms with Crippen LogP contribution in [0, 0.1) is 17.8 Å². The molecule has 0 radical (unpaired) electrons. The molecular formula is C20H19N7O2S. The Labute approximate surface area is 175 Å². The van der Waals surface area contributed by atoms with Crippen LogP contribution in [0.1, 0.15) is 25.7 Å². The molecule has 9 nitrogen and oxygen atoms in total. The number of carboxylic acids is 1. The Morgan fingerprint density at radius 2 is 2.00 bits per heavy atom. The maximum atomic E-state index is 12.1. The number of aromatic amines is 1. The Morgan fingerprint density at radius 1 is 1.17 bits per heavy atom. The highest BCUT2D eigenvalue weighted by Gasteiger charge is 2.47. The number of thiazole rings is 1. The van der Waals surface area contributed by atoms with E-state index < -0.39 is 11.9 Å². The third kappa shape index (κ3) is 2.67. The molecule has 2 unspecified atom stereocenters. The number of hydrogen-bond acceptors (Lipinski definition) is 8. The lowest BCUT2D eigenvalue weighted by atomic mass is 9.61. The van der Waals surface area contributed by atoms with Gasteiger partial charge in [0.15, 0.2) is 11.6 Å². The first-order chi connectivity index (χ1) is 14.7. The van der Waals surface area contributed by atoms with Crippen LogP contribution in [0.3, 0.4) is 0 Å². The number of aromatic nitrogens is 6. The fourth-order valence-electron chi connectivity index (χ4n) is 5.20. The van der Waals surface area contributed by atoms with Gasteiger partial charge in [0.05, 0.1) is 11.4 Å². The summed E-state index contributed by atoms with van der Waals surface area (Å²) in [6.07, 6.45) is 9.17. The molecule has 0 amide bonds. The monoisotopic (exact) mass is 421 g/mol. The number of rotatable bonds is 4. The molecule has 4 aromatic rings. The number of aliphatic carboxylic acids is 1. The van der Waals surface area contributed by atoms with Crippen molar-refractivity contribution < 1.29 is 9.90 Å². The summed E-state index contributed by atoms with van der Waals surface area (Å²) in [5, 5.41) is 14.2. The van der Waals surface area contributed by atoms with Crippen molar-refractivity contribution in [2.75, 3.05) is 5.32 Å². The zero-order valence-corrected chi connectivity index (χ0v) is 16.8. The number of nitrogens with one attached hydrogen (secondary N) is 2. The fourth-order valence-corrected chi connectivity index (χ4v) is 5.86. The highest BCUT2D eigenvalue weighted by Crippen LogP contribution is 2.46. The first-order valence-corrected chi connectivity index (χ1v) is 10.9. The Hall–Kier alpha value is -3.14. The zero-order chi connectivity index (χ0) is 20.2. The van der Waals surface area contributed by atoms with E-state index in [4.69, 9.17) is 9.97 Å². The number of anilines is 1. The van der Waals surface area contributed by atoms with Gasteiger partial charge in [-0.1, -0.05) is 0 Å². The first-order valence-electron chi connectivity index (χ1n) is 10.1. The normalized spacial score (nSPS) is 25.7. The molecule has 2 bridgehead atoms. The van der Waals surface area contributed by atoms with Gasteiger partial charge in [0.25, 0.3) is 0 Å². The summed E-state index contributed by atoms with van der Waals surface area (Å²) < 4.78 is 0. The number of H-pyrrole nitrogens is 1. The minimum Gasteiger partial charge on any atom is -0.481 e. The highest BCUT2D eigenvalue weighted by molar-refractivity contribution is 7.16. The van der Waals surface area contributed by atoms with Crippen molar-refractivity contribution in [3.05, 3.63) is 24.2 Å². The second-order valence-corrected chi connectivity index (χ2v) is 8.93. The van der Waals surface area contributed by atoms with Crippen LogP contribution in [-0.2, 0) is 4.79 Å². The molecule has 4 aromatic heterocycles. The van der Waals surface area contributed by atoms with Gasteiger partial charge in [0.1, 0.15) is 22.3 Å². The molecule has 0 aliphatic heterocycles. The van der Waals surface area contributed by atoms with Gasteiger partial charge in [0.2, 0.25) is 0 Å². The molecule has 3 fully saturated rings. The van der Waals surface area contributed by atoms with Gasteiger partial charge in [-0.05, 0) is 37.5 Å². The summed E-state index contributed by atoms with van der Waals surface area (Å²) in [6.45, 7) is 0. The minimum atomic E-state index is -0.723. The van der Waals surface area contributed by atoms with E-state index in [1.165, 1.54) is 17.7 Å². The maximum Gasteiger partial charge on any atom is 0.308 e. The van der Waals surface area contributed by atoms with E-state index >= 15 is 0 Å². The molecular weight excluding hydrogens is 402 g/mol. The van der Waals surface area contributed by atoms with Crippen molar-refractivity contribution >= 4 is 44.5 Å². The van der Waals surface area contributed by atoms with Crippen molar-refractivity contribution in [3.63, 3.8) is 0 Å². The molecule has 0 aromatic carbocycles. The molecule has 7 rings (SSSR count). The number of hydrogen-bond donors (Lipinski definition) is 3. The van der Waals surface area contributed by atoms with Crippen LogP contribution in [0.5, 0.6) is 0 Å². The maximum absolute atomic E-state index is 12.1. The second kappa shape index (κ2) is 6.69. The molecule has 0 spiro atoms. The molecule has 3 N–H and O–H groups in total. The highest BCUT2D eigenvalue weighted by atomic mass is 32.1. The fraction of sp³-hybridized carbons (Fsp3) is 0.400. The average molecular weight is 421 g/mol. The molecule has 152 valence electrons. The van der Waals surface area contributed by atoms with Crippen LogP contribution in [0.4, 0.5) is 5.82 Å². The number of fused-ring (bicyclic) bond motifs is 5. The van der Waals surface area contributed by atoms with Crippen LogP contribution in [-0.4, -0.2) is 47.0 Å². The predicted molar refractivity (Wildman–Crippen MR) is 112 cm³/mol. The smallest absolute Gasteiger partial charge is 0.308 e. The van der Waals surface area contributed by atoms with Crippen LogP contribution in [0.15, 0.2) is 24.2 Å². The quantitative estimate of drug-likeness (QED) is 0.457. The SMILES string of the molecule is O=C(O)C1C2CCC(CC2)C1Nc1nc(-c2c[nH]c3ncncc23)nc2scnc12. The van der Waals surface area contributed by atoms with Gasteiger partial charge in [-0.2, -0.15) is 0 Å². The topological polar surface area (TPSA) is 130 Å². The van der Waals surface area contributed by atoms with Crippen LogP contribution in [0.25, 0.3) is 32.8 Å². The van der Waals surface area contributed by atoms with Gasteiger partial charge in [-0.25, -0.2) is 24.9 Å². The summed E-state index contributed by atoms with van der Waals surface area (Å²) in [6, 6.07) is -0.144. The Balaban J connectivity index is 1.45. The van der Waals surface area contributed by atoms with E-state index in [1.807, 2.05) is 6.20 Å². The molecule has 3 aliphatic carbocycles. The summed E-state index contributed by atoms with van der Waals surface area (Å²) in [7, 11) is 0. The number of carbonyl (C=O) groups is 1. The number of carboxylic acid groups (broad SMARTS) is 1. The lowest BCUT2D eigenvalue weighted by Crippen LogP contribution is -2.51. The minimum absolute atomic E-state index is 0.144. The summed E-state index contributed by atoms with van der Waals surface area (Å²) in [4.78, 5) is 38.2. The van der Waals surface area contributed by atoms with Crippen LogP contribution in [0.2, 0.25) is 0 Å². The molecule has 0 saturated heterocycles. The second-order valence-electron chi connectivity index (χ2n) is 8.10. The molecule has 4 heterocycles. The van der Waals surface area contributed by atoms with Crippen molar-refractivity contribution in [2.24, 2.45) is 17.8 Å². The van der Waals surface area contributed by atoms with Crippen LogP contribution < -0.4 is 5.32 Å². The third-order valence-electron chi connectivity index (χ3n) is 6.60. The van der Waals surface area contributed by atoms with Crippen molar-refractivity contribution in [2.45, 2.75) is 31.7 Å². The third-order valence-corrected chi connectivity index (χ3v) is 7.32. The molecule has 2 atom stereocenters. The Kier molecular flexibility index (Phi) is 3.95. The van der Waals surface area contributed by atoms with Gasteiger partial charge in [-0.3, -0.25) is 4.79 Å². The Bertz CT molecular complexity index is 1260. The first kappa shape index (κ1) is 17.7. The zero-order valence-electron chi connectivity index (χ0n) is 15.9. The van der Waals surface area contributed by atoms with Gasteiger partial charge >= 0.3 is 5.97 Å². The largest absolute Gasteiger partial charge is 0.481 e. The lowest BCUT2D eigenvalue weighted by molar-refractivity contribution is -0.148. The average Bonchev–Trinajstić information content (AvgIpc) is 3.41. The van der Waals surface area contributed by atoms with E-state index in [1.54, 1.807) is 11.7 Å². The summed E-state index contributed by atoms with van der Waals surface area (Å²) in [5.74, 6) is 0.590. The van der Waals surface area contributed by atoms with Crippen LogP contribution >= 0.6 is 11.3 Å². The predicted octanol–water partition coefficient (Wildman–Crippen LogP) is 3.33. The van der Waals surface area contributed by atoms with E-state index in [0.29, 0.717) is 23.1 Å². The molecule has 3 aliphatic rings. The molecule has 10 heteroatoms. The number of nitrogens with zero attached hydrogens (tertiary/aromatic N) is 5. The van der Waals surface area contributed by atoms with Gasteiger partial charge in [0, 0.05) is 29.4 Å². The van der Waals surface area contributed by atoms with Crippen molar-refractivity contribution in [1.29, 1.82) is 0 Å².